The Morgan fingerprint density at radius 3 is 2.84 bits per heavy atom. The van der Waals surface area contributed by atoms with Crippen molar-refractivity contribution in [2.75, 3.05) is 11.4 Å². The summed E-state index contributed by atoms with van der Waals surface area (Å²) in [7, 11) is 0. The number of rotatable bonds is 3. The second kappa shape index (κ2) is 5.85. The molecule has 1 aliphatic heterocycles. The maximum absolute atomic E-state index is 11.7. The van der Waals surface area contributed by atoms with Crippen molar-refractivity contribution in [2.45, 2.75) is 32.2 Å². The van der Waals surface area contributed by atoms with Crippen molar-refractivity contribution < 1.29 is 9.72 Å². The van der Waals surface area contributed by atoms with Crippen LogP contribution in [-0.2, 0) is 4.79 Å². The molecule has 0 N–H and O–H groups in total. The van der Waals surface area contributed by atoms with Gasteiger partial charge in [-0.2, -0.15) is 0 Å². The van der Waals surface area contributed by atoms with Crippen LogP contribution >= 0.6 is 22.6 Å². The third kappa shape index (κ3) is 3.05. The predicted molar refractivity (Wildman–Crippen MR) is 81.5 cm³/mol. The Labute approximate surface area is 125 Å². The van der Waals surface area contributed by atoms with Crippen LogP contribution in [0.3, 0.4) is 0 Å². The van der Waals surface area contributed by atoms with Gasteiger partial charge in [0.15, 0.2) is 5.78 Å². The van der Waals surface area contributed by atoms with E-state index in [1.165, 1.54) is 0 Å². The largest absolute Gasteiger partial charge is 0.356 e. The second-order valence-electron chi connectivity index (χ2n) is 4.71. The number of nitrogens with zero attached hydrogens (tertiary/aromatic N) is 2. The summed E-state index contributed by atoms with van der Waals surface area (Å²) in [5.41, 5.74) is 0.644. The van der Waals surface area contributed by atoms with E-state index in [9.17, 15) is 14.9 Å². The smallest absolute Gasteiger partial charge is 0.293 e. The molecule has 0 saturated carbocycles. The Hall–Kier alpha value is -1.18. The fraction of sp³-hybridized carbons (Fsp3) is 0.462. The summed E-state index contributed by atoms with van der Waals surface area (Å²) in [6.45, 7) is 2.26. The van der Waals surface area contributed by atoms with Gasteiger partial charge in [0.25, 0.3) is 5.69 Å². The normalized spacial score (nSPS) is 19.3. The lowest BCUT2D eigenvalue weighted by molar-refractivity contribution is -0.384. The first-order valence-corrected chi connectivity index (χ1v) is 7.29. The summed E-state index contributed by atoms with van der Waals surface area (Å²) in [5.74, 6) is 0.0764. The van der Waals surface area contributed by atoms with Crippen LogP contribution in [0.5, 0.6) is 0 Å². The molecule has 1 aliphatic rings. The van der Waals surface area contributed by atoms with Crippen molar-refractivity contribution >= 4 is 39.7 Å². The van der Waals surface area contributed by atoms with Crippen molar-refractivity contribution in [3.8, 4) is 0 Å². The van der Waals surface area contributed by atoms with Crippen LogP contribution in [0.15, 0.2) is 18.2 Å². The van der Waals surface area contributed by atoms with Crippen LogP contribution in [0.4, 0.5) is 11.4 Å². The average molecular weight is 374 g/mol. The van der Waals surface area contributed by atoms with Gasteiger partial charge in [-0.1, -0.05) is 0 Å². The van der Waals surface area contributed by atoms with E-state index in [1.807, 2.05) is 11.0 Å². The Kier molecular flexibility index (Phi) is 4.38. The number of anilines is 1. The number of carbonyl (C=O) groups is 1. The molecule has 5 nitrogen and oxygen atoms in total. The summed E-state index contributed by atoms with van der Waals surface area (Å²) >= 11 is 2.06. The molecule has 0 aliphatic carbocycles. The van der Waals surface area contributed by atoms with Crippen LogP contribution in [0.2, 0.25) is 0 Å². The number of nitro groups is 1. The number of carbonyl (C=O) groups excluding carboxylic acids is 1. The Bertz CT molecular complexity index is 519. The molecule has 19 heavy (non-hydrogen) atoms. The van der Waals surface area contributed by atoms with E-state index in [4.69, 9.17) is 0 Å². The van der Waals surface area contributed by atoms with E-state index in [0.29, 0.717) is 12.2 Å². The number of benzene rings is 1. The molecule has 2 rings (SSSR count). The molecular formula is C13H15IN2O3. The van der Waals surface area contributed by atoms with E-state index < -0.39 is 0 Å². The minimum absolute atomic E-state index is 0.0764. The molecule has 0 aromatic heterocycles. The van der Waals surface area contributed by atoms with Crippen LogP contribution in [0.25, 0.3) is 0 Å². The Morgan fingerprint density at radius 1 is 1.47 bits per heavy atom. The minimum atomic E-state index is -0.372. The molecule has 1 aromatic rings. The average Bonchev–Trinajstić information content (AvgIpc) is 2.38. The molecular weight excluding hydrogens is 359 g/mol. The maximum atomic E-state index is 11.7. The van der Waals surface area contributed by atoms with Gasteiger partial charge in [-0.05, 0) is 60.9 Å². The van der Waals surface area contributed by atoms with Gasteiger partial charge in [0.05, 0.1) is 11.0 Å². The van der Waals surface area contributed by atoms with Gasteiger partial charge in [-0.15, -0.1) is 0 Å². The predicted octanol–water partition coefficient (Wildman–Crippen LogP) is 3.15. The molecule has 1 aromatic carbocycles. The summed E-state index contributed by atoms with van der Waals surface area (Å²) in [4.78, 5) is 24.4. The summed E-state index contributed by atoms with van der Waals surface area (Å²) in [5, 5.41) is 11.2. The number of nitro benzene ring substituents is 1. The molecule has 1 atom stereocenters. The topological polar surface area (TPSA) is 63.5 Å². The Balaban J connectivity index is 2.44. The van der Waals surface area contributed by atoms with Crippen LogP contribution in [0, 0.1) is 13.7 Å². The molecule has 0 radical (unpaired) electrons. The van der Waals surface area contributed by atoms with Crippen molar-refractivity contribution in [1.82, 2.24) is 0 Å². The molecule has 6 heteroatoms. The van der Waals surface area contributed by atoms with Crippen molar-refractivity contribution in [3.05, 3.63) is 31.9 Å². The van der Waals surface area contributed by atoms with E-state index in [1.54, 1.807) is 19.1 Å². The Morgan fingerprint density at radius 2 is 2.21 bits per heavy atom. The fourth-order valence-corrected chi connectivity index (χ4v) is 3.00. The van der Waals surface area contributed by atoms with E-state index in [2.05, 4.69) is 22.6 Å². The number of piperidine rings is 1. The monoisotopic (exact) mass is 374 g/mol. The molecule has 0 spiro atoms. The second-order valence-corrected chi connectivity index (χ2v) is 5.95. The van der Waals surface area contributed by atoms with Gasteiger partial charge < -0.3 is 4.90 Å². The molecule has 102 valence electrons. The summed E-state index contributed by atoms with van der Waals surface area (Å²) in [6.07, 6.45) is 2.74. The van der Waals surface area contributed by atoms with Gasteiger partial charge in [0.1, 0.15) is 5.69 Å². The minimum Gasteiger partial charge on any atom is -0.356 e. The first kappa shape index (κ1) is 14.2. The number of hydrogen-bond donors (Lipinski definition) is 0. The number of hydrogen-bond acceptors (Lipinski definition) is 4. The lowest BCUT2D eigenvalue weighted by Gasteiger charge is -2.35. The van der Waals surface area contributed by atoms with Gasteiger partial charge in [-0.25, -0.2) is 0 Å². The van der Waals surface area contributed by atoms with Gasteiger partial charge in [-0.3, -0.25) is 14.9 Å². The molecule has 1 fully saturated rings. The highest BCUT2D eigenvalue weighted by molar-refractivity contribution is 14.1. The molecule has 1 heterocycles. The van der Waals surface area contributed by atoms with E-state index in [-0.39, 0.29) is 22.4 Å². The molecule has 0 bridgehead atoms. The quantitative estimate of drug-likeness (QED) is 0.463. The van der Waals surface area contributed by atoms with Gasteiger partial charge in [0.2, 0.25) is 0 Å². The number of Topliss-reactive ketones (excluding diaryl/α,β-unsaturated/α-hetero) is 1. The molecule has 1 unspecified atom stereocenters. The van der Waals surface area contributed by atoms with Crippen molar-refractivity contribution in [2.24, 2.45) is 0 Å². The van der Waals surface area contributed by atoms with Crippen LogP contribution in [-0.4, -0.2) is 23.3 Å². The highest BCUT2D eigenvalue weighted by Crippen LogP contribution is 2.34. The first-order valence-electron chi connectivity index (χ1n) is 6.21. The van der Waals surface area contributed by atoms with Crippen LogP contribution < -0.4 is 4.90 Å². The van der Waals surface area contributed by atoms with Crippen molar-refractivity contribution in [1.29, 1.82) is 0 Å². The van der Waals surface area contributed by atoms with Gasteiger partial charge >= 0.3 is 0 Å². The fourth-order valence-electron chi connectivity index (χ4n) is 2.53. The summed E-state index contributed by atoms with van der Waals surface area (Å²) < 4.78 is 0.824. The standard InChI is InChI=1S/C13H15IN2O3/c1-9(17)11-4-2-3-7-15(11)12-6-5-10(14)8-13(12)16(18)19/h5-6,8,11H,2-4,7H2,1H3. The zero-order valence-corrected chi connectivity index (χ0v) is 12.8. The molecule has 1 saturated heterocycles. The lowest BCUT2D eigenvalue weighted by Crippen LogP contribution is -2.44. The summed E-state index contributed by atoms with van der Waals surface area (Å²) in [6, 6.07) is 4.92. The number of halogens is 1. The van der Waals surface area contributed by atoms with E-state index >= 15 is 0 Å². The molecule has 0 amide bonds. The van der Waals surface area contributed by atoms with Crippen LogP contribution in [0.1, 0.15) is 26.2 Å². The maximum Gasteiger partial charge on any atom is 0.293 e. The highest BCUT2D eigenvalue weighted by atomic mass is 127. The van der Waals surface area contributed by atoms with Crippen molar-refractivity contribution in [3.63, 3.8) is 0 Å². The zero-order chi connectivity index (χ0) is 14.0. The van der Waals surface area contributed by atoms with Gasteiger partial charge in [0, 0.05) is 16.2 Å². The SMILES string of the molecule is CC(=O)C1CCCCN1c1ccc(I)cc1[N+](=O)[O-]. The lowest BCUT2D eigenvalue weighted by atomic mass is 9.98. The third-order valence-corrected chi connectivity index (χ3v) is 4.09. The third-order valence-electron chi connectivity index (χ3n) is 3.42. The highest BCUT2D eigenvalue weighted by Gasteiger charge is 2.30. The first-order chi connectivity index (χ1) is 9.00. The zero-order valence-electron chi connectivity index (χ0n) is 10.6. The number of ketones is 1. The van der Waals surface area contributed by atoms with E-state index in [0.717, 1.165) is 22.8 Å².